The number of hydrogen-bond acceptors (Lipinski definition) is 3. The van der Waals surface area contributed by atoms with E-state index in [4.69, 9.17) is 0 Å². The maximum absolute atomic E-state index is 12.7. The van der Waals surface area contributed by atoms with Gasteiger partial charge in [0.1, 0.15) is 5.82 Å². The zero-order valence-electron chi connectivity index (χ0n) is 11.3. The van der Waals surface area contributed by atoms with Gasteiger partial charge in [0.2, 0.25) is 0 Å². The molecule has 0 aromatic heterocycles. The highest BCUT2D eigenvalue weighted by Gasteiger charge is 2.28. The normalized spacial score (nSPS) is 16.4. The van der Waals surface area contributed by atoms with E-state index in [1.807, 2.05) is 0 Å². The first-order valence-corrected chi connectivity index (χ1v) is 8.71. The third-order valence-electron chi connectivity index (χ3n) is 3.81. The van der Waals surface area contributed by atoms with Crippen LogP contribution in [0.15, 0.2) is 24.3 Å². The summed E-state index contributed by atoms with van der Waals surface area (Å²) in [5.41, 5.74) is 0.435. The Kier molecular flexibility index (Phi) is 4.91. The van der Waals surface area contributed by atoms with Crippen LogP contribution < -0.4 is 0 Å². The van der Waals surface area contributed by atoms with Crippen LogP contribution in [-0.4, -0.2) is 25.2 Å². The molecule has 1 aliphatic rings. The Bertz CT molecular complexity index is 557. The van der Waals surface area contributed by atoms with E-state index in [9.17, 15) is 17.6 Å². The molecule has 0 aliphatic heterocycles. The van der Waals surface area contributed by atoms with Gasteiger partial charge in [-0.05, 0) is 43.5 Å². The van der Waals surface area contributed by atoms with Crippen LogP contribution in [0, 0.1) is 5.82 Å². The molecule has 0 bridgehead atoms. The fourth-order valence-corrected chi connectivity index (χ4v) is 4.56. The van der Waals surface area contributed by atoms with Gasteiger partial charge in [0.15, 0.2) is 15.6 Å². The molecule has 0 atom stereocenters. The largest absolute Gasteiger partial charge is 0.294 e. The number of hydrogen-bond donors (Lipinski definition) is 0. The van der Waals surface area contributed by atoms with E-state index in [2.05, 4.69) is 0 Å². The first-order valence-electron chi connectivity index (χ1n) is 6.99. The molecule has 0 heterocycles. The SMILES string of the molecule is O=C(CCCS(=O)(=O)C1CCCC1)c1ccc(F)cc1. The highest BCUT2D eigenvalue weighted by molar-refractivity contribution is 7.92. The average molecular weight is 298 g/mol. The Labute approximate surface area is 119 Å². The minimum Gasteiger partial charge on any atom is -0.294 e. The minimum absolute atomic E-state index is 0.0740. The van der Waals surface area contributed by atoms with Gasteiger partial charge in [-0.3, -0.25) is 4.79 Å². The van der Waals surface area contributed by atoms with E-state index in [1.54, 1.807) is 0 Å². The van der Waals surface area contributed by atoms with Gasteiger partial charge < -0.3 is 0 Å². The van der Waals surface area contributed by atoms with Gasteiger partial charge in [-0.1, -0.05) is 12.8 Å². The zero-order chi connectivity index (χ0) is 14.6. The molecule has 1 saturated carbocycles. The van der Waals surface area contributed by atoms with Crippen LogP contribution in [-0.2, 0) is 9.84 Å². The number of carbonyl (C=O) groups excluding carboxylic acids is 1. The zero-order valence-corrected chi connectivity index (χ0v) is 12.2. The number of rotatable bonds is 6. The highest BCUT2D eigenvalue weighted by Crippen LogP contribution is 2.25. The maximum Gasteiger partial charge on any atom is 0.162 e. The van der Waals surface area contributed by atoms with E-state index in [0.717, 1.165) is 25.7 Å². The molecule has 20 heavy (non-hydrogen) atoms. The van der Waals surface area contributed by atoms with Crippen LogP contribution >= 0.6 is 0 Å². The standard InChI is InChI=1S/C15H19FO3S/c16-13-9-7-12(8-10-13)15(17)6-3-11-20(18,19)14-4-1-2-5-14/h7-10,14H,1-6,11H2. The molecule has 1 aromatic carbocycles. The van der Waals surface area contributed by atoms with Gasteiger partial charge in [0.25, 0.3) is 0 Å². The molecular weight excluding hydrogens is 279 g/mol. The van der Waals surface area contributed by atoms with E-state index in [0.29, 0.717) is 12.0 Å². The minimum atomic E-state index is -3.06. The summed E-state index contributed by atoms with van der Waals surface area (Å²) in [5.74, 6) is -0.443. The maximum atomic E-state index is 12.7. The van der Waals surface area contributed by atoms with Gasteiger partial charge in [-0.15, -0.1) is 0 Å². The van der Waals surface area contributed by atoms with Crippen LogP contribution in [0.3, 0.4) is 0 Å². The number of ketones is 1. The summed E-state index contributed by atoms with van der Waals surface area (Å²) in [7, 11) is -3.06. The number of sulfone groups is 1. The second-order valence-corrected chi connectivity index (χ2v) is 7.71. The summed E-state index contributed by atoms with van der Waals surface area (Å²) in [5, 5.41) is -0.205. The van der Waals surface area contributed by atoms with Crippen molar-refractivity contribution < 1.29 is 17.6 Å². The first kappa shape index (κ1) is 15.2. The lowest BCUT2D eigenvalue weighted by Gasteiger charge is -2.10. The monoisotopic (exact) mass is 298 g/mol. The number of halogens is 1. The van der Waals surface area contributed by atoms with E-state index >= 15 is 0 Å². The fourth-order valence-electron chi connectivity index (χ4n) is 2.63. The average Bonchev–Trinajstić information content (AvgIpc) is 2.94. The molecule has 5 heteroatoms. The second kappa shape index (κ2) is 6.48. The number of Topliss-reactive ketones (excluding diaryl/α,β-unsaturated/α-hetero) is 1. The molecule has 0 amide bonds. The summed E-state index contributed by atoms with van der Waals surface area (Å²) in [4.78, 5) is 11.8. The van der Waals surface area contributed by atoms with Crippen molar-refractivity contribution in [3.63, 3.8) is 0 Å². The summed E-state index contributed by atoms with van der Waals surface area (Å²) < 4.78 is 36.8. The lowest BCUT2D eigenvalue weighted by atomic mass is 10.1. The molecule has 1 fully saturated rings. The predicted octanol–water partition coefficient (Wildman–Crippen LogP) is 3.15. The van der Waals surface area contributed by atoms with Crippen molar-refractivity contribution in [2.24, 2.45) is 0 Å². The molecule has 110 valence electrons. The van der Waals surface area contributed by atoms with Crippen LogP contribution in [0.2, 0.25) is 0 Å². The molecule has 0 spiro atoms. The first-order chi connectivity index (χ1) is 9.49. The molecule has 3 nitrogen and oxygen atoms in total. The van der Waals surface area contributed by atoms with Crippen LogP contribution in [0.1, 0.15) is 48.9 Å². The van der Waals surface area contributed by atoms with Crippen molar-refractivity contribution in [2.75, 3.05) is 5.75 Å². The smallest absolute Gasteiger partial charge is 0.162 e. The molecule has 0 radical (unpaired) electrons. The van der Waals surface area contributed by atoms with E-state index < -0.39 is 9.84 Å². The summed E-state index contributed by atoms with van der Waals surface area (Å²) in [6, 6.07) is 5.34. The van der Waals surface area contributed by atoms with Crippen LogP contribution in [0.4, 0.5) is 4.39 Å². The van der Waals surface area contributed by atoms with Gasteiger partial charge in [0, 0.05) is 12.0 Å². The van der Waals surface area contributed by atoms with Gasteiger partial charge in [0.05, 0.1) is 11.0 Å². The van der Waals surface area contributed by atoms with Crippen molar-refractivity contribution in [3.8, 4) is 0 Å². The number of carbonyl (C=O) groups is 1. The Hall–Kier alpha value is -1.23. The third kappa shape index (κ3) is 3.88. The Morgan fingerprint density at radius 3 is 2.35 bits per heavy atom. The van der Waals surface area contributed by atoms with Crippen molar-refractivity contribution >= 4 is 15.6 Å². The van der Waals surface area contributed by atoms with Crippen molar-refractivity contribution in [1.29, 1.82) is 0 Å². The molecule has 0 N–H and O–H groups in total. The van der Waals surface area contributed by atoms with Crippen molar-refractivity contribution in [3.05, 3.63) is 35.6 Å². The van der Waals surface area contributed by atoms with Gasteiger partial charge in [-0.25, -0.2) is 12.8 Å². The Balaban J connectivity index is 1.83. The summed E-state index contributed by atoms with van der Waals surface area (Å²) in [6.45, 7) is 0. The second-order valence-electron chi connectivity index (χ2n) is 5.31. The van der Waals surface area contributed by atoms with E-state index in [-0.39, 0.29) is 29.0 Å². The third-order valence-corrected chi connectivity index (χ3v) is 6.15. The summed E-state index contributed by atoms with van der Waals surface area (Å²) in [6.07, 6.45) is 4.02. The molecule has 0 saturated heterocycles. The highest BCUT2D eigenvalue weighted by atomic mass is 32.2. The number of benzene rings is 1. The molecular formula is C15H19FO3S. The lowest BCUT2D eigenvalue weighted by molar-refractivity contribution is 0.0982. The molecule has 2 rings (SSSR count). The van der Waals surface area contributed by atoms with Gasteiger partial charge >= 0.3 is 0 Å². The van der Waals surface area contributed by atoms with Crippen molar-refractivity contribution in [2.45, 2.75) is 43.8 Å². The summed E-state index contributed by atoms with van der Waals surface area (Å²) >= 11 is 0. The van der Waals surface area contributed by atoms with E-state index in [1.165, 1.54) is 24.3 Å². The molecule has 1 aromatic rings. The fraction of sp³-hybridized carbons (Fsp3) is 0.533. The quantitative estimate of drug-likeness (QED) is 0.758. The van der Waals surface area contributed by atoms with Crippen LogP contribution in [0.5, 0.6) is 0 Å². The Morgan fingerprint density at radius 1 is 1.15 bits per heavy atom. The topological polar surface area (TPSA) is 51.2 Å². The molecule has 1 aliphatic carbocycles. The molecule has 0 unspecified atom stereocenters. The Morgan fingerprint density at radius 2 is 1.75 bits per heavy atom. The lowest BCUT2D eigenvalue weighted by Crippen LogP contribution is -2.21. The predicted molar refractivity (Wildman–Crippen MR) is 76.0 cm³/mol. The van der Waals surface area contributed by atoms with Crippen molar-refractivity contribution in [1.82, 2.24) is 0 Å². The van der Waals surface area contributed by atoms with Crippen LogP contribution in [0.25, 0.3) is 0 Å². The van der Waals surface area contributed by atoms with Gasteiger partial charge in [-0.2, -0.15) is 0 Å².